The van der Waals surface area contributed by atoms with Crippen LogP contribution in [0.15, 0.2) is 30.9 Å². The normalized spacial score (nSPS) is 20.0. The van der Waals surface area contributed by atoms with E-state index in [2.05, 4.69) is 38.6 Å². The van der Waals surface area contributed by atoms with Crippen LogP contribution < -0.4 is 9.64 Å². The number of hydrogen-bond donors (Lipinski definition) is 1. The van der Waals surface area contributed by atoms with Gasteiger partial charge in [0.2, 0.25) is 5.91 Å². The summed E-state index contributed by atoms with van der Waals surface area (Å²) in [6.45, 7) is 11.7. The number of nitrogens with one attached hydrogen (secondary N) is 1. The second-order valence-electron chi connectivity index (χ2n) is 12.4. The molecule has 1 amide bonds. The zero-order valence-electron chi connectivity index (χ0n) is 24.7. The zero-order chi connectivity index (χ0) is 30.0. The smallest absolute Gasteiger partial charge is 0.319 e. The molecular weight excluding hydrogens is 569 g/mol. The Bertz CT molecular complexity index is 1780. The average Bonchev–Trinajstić information content (AvgIpc) is 3.70. The largest absolute Gasteiger partial charge is 0.462 e. The second-order valence-corrected chi connectivity index (χ2v) is 12.8. The monoisotopic (exact) mass is 603 g/mol. The summed E-state index contributed by atoms with van der Waals surface area (Å²) in [7, 11) is 2.09. The quantitative estimate of drug-likeness (QED) is 0.300. The molecule has 3 aliphatic rings. The highest BCUT2D eigenvalue weighted by molar-refractivity contribution is 6.35. The van der Waals surface area contributed by atoms with Crippen molar-refractivity contribution in [1.82, 2.24) is 30.0 Å². The molecule has 1 N–H and O–H groups in total. The van der Waals surface area contributed by atoms with Gasteiger partial charge in [-0.05, 0) is 70.5 Å². The maximum Gasteiger partial charge on any atom is 0.319 e. The molecule has 4 aromatic rings. The van der Waals surface area contributed by atoms with Gasteiger partial charge in [0.05, 0.1) is 10.5 Å². The Morgan fingerprint density at radius 2 is 2.05 bits per heavy atom. The third-order valence-corrected chi connectivity index (χ3v) is 9.85. The highest BCUT2D eigenvalue weighted by Crippen LogP contribution is 2.46. The Kier molecular flexibility index (Phi) is 6.81. The molecule has 224 valence electrons. The number of anilines is 1. The van der Waals surface area contributed by atoms with Gasteiger partial charge in [0.15, 0.2) is 5.82 Å². The SMILES string of the molecule is C=CC(=O)N1CC2(CCN(c3nc(OC[C@@H]4CCCN4C)nc4c(F)c(-c5c(C)ccc6n[nH]c(C)c56)c(Cl)cc34)C2)C1. The summed E-state index contributed by atoms with van der Waals surface area (Å²) in [5, 5.41) is 9.07. The van der Waals surface area contributed by atoms with Crippen molar-refractivity contribution in [3.05, 3.63) is 53.0 Å². The van der Waals surface area contributed by atoms with Gasteiger partial charge in [-0.25, -0.2) is 4.39 Å². The Labute approximate surface area is 254 Å². The van der Waals surface area contributed by atoms with Gasteiger partial charge in [-0.15, -0.1) is 0 Å². The molecule has 2 aromatic carbocycles. The fourth-order valence-corrected chi connectivity index (χ4v) is 7.46. The van der Waals surface area contributed by atoms with E-state index < -0.39 is 5.82 Å². The van der Waals surface area contributed by atoms with Crippen LogP contribution in [0, 0.1) is 25.1 Å². The summed E-state index contributed by atoms with van der Waals surface area (Å²) < 4.78 is 23.1. The number of aromatic amines is 1. The van der Waals surface area contributed by atoms with Crippen molar-refractivity contribution in [1.29, 1.82) is 0 Å². The summed E-state index contributed by atoms with van der Waals surface area (Å²) in [4.78, 5) is 27.9. The van der Waals surface area contributed by atoms with E-state index in [1.165, 1.54) is 6.08 Å². The molecule has 0 bridgehead atoms. The molecule has 9 nitrogen and oxygen atoms in total. The molecule has 3 saturated heterocycles. The lowest BCUT2D eigenvalue weighted by atomic mass is 9.79. The van der Waals surface area contributed by atoms with Crippen LogP contribution in [0.4, 0.5) is 10.2 Å². The van der Waals surface area contributed by atoms with Gasteiger partial charge in [-0.2, -0.15) is 15.1 Å². The molecule has 7 rings (SSSR count). The van der Waals surface area contributed by atoms with Crippen molar-refractivity contribution < 1.29 is 13.9 Å². The van der Waals surface area contributed by atoms with Crippen LogP contribution in [0.1, 0.15) is 30.5 Å². The highest BCUT2D eigenvalue weighted by Gasteiger charge is 2.49. The van der Waals surface area contributed by atoms with E-state index in [1.807, 2.05) is 30.9 Å². The van der Waals surface area contributed by atoms with Crippen molar-refractivity contribution in [2.75, 3.05) is 51.3 Å². The predicted molar refractivity (Wildman–Crippen MR) is 166 cm³/mol. The first-order valence-corrected chi connectivity index (χ1v) is 15.2. The van der Waals surface area contributed by atoms with Crippen LogP contribution in [-0.4, -0.2) is 88.3 Å². The van der Waals surface area contributed by atoms with Crippen LogP contribution in [0.2, 0.25) is 5.02 Å². The lowest BCUT2D eigenvalue weighted by Gasteiger charge is -2.47. The molecule has 3 fully saturated rings. The van der Waals surface area contributed by atoms with E-state index in [1.54, 1.807) is 6.07 Å². The number of carbonyl (C=O) groups excluding carboxylic acids is 1. The first kappa shape index (κ1) is 28.0. The van der Waals surface area contributed by atoms with Gasteiger partial charge in [0.1, 0.15) is 17.9 Å². The predicted octanol–water partition coefficient (Wildman–Crippen LogP) is 5.28. The van der Waals surface area contributed by atoms with E-state index in [9.17, 15) is 4.79 Å². The van der Waals surface area contributed by atoms with Crippen LogP contribution in [0.25, 0.3) is 32.9 Å². The summed E-state index contributed by atoms with van der Waals surface area (Å²) in [6.07, 6.45) is 4.41. The number of carbonyl (C=O) groups is 1. The van der Waals surface area contributed by atoms with Crippen LogP contribution in [0.3, 0.4) is 0 Å². The van der Waals surface area contributed by atoms with Crippen LogP contribution >= 0.6 is 11.6 Å². The number of amides is 1. The van der Waals surface area contributed by atoms with Gasteiger partial charge in [0, 0.05) is 65.2 Å². The Balaban J connectivity index is 1.33. The minimum Gasteiger partial charge on any atom is -0.462 e. The number of rotatable bonds is 6. The lowest BCUT2D eigenvalue weighted by molar-refractivity contribution is -0.136. The molecule has 1 spiro atoms. The van der Waals surface area contributed by atoms with Crippen molar-refractivity contribution in [3.8, 4) is 17.1 Å². The fourth-order valence-electron chi connectivity index (χ4n) is 7.17. The van der Waals surface area contributed by atoms with E-state index >= 15 is 4.39 Å². The third kappa shape index (κ3) is 4.62. The van der Waals surface area contributed by atoms with E-state index in [0.717, 1.165) is 54.5 Å². The van der Waals surface area contributed by atoms with E-state index in [4.69, 9.17) is 21.3 Å². The molecule has 11 heteroatoms. The number of nitrogens with zero attached hydrogens (tertiary/aromatic N) is 6. The molecular formula is C32H35ClFN7O2. The number of fused-ring (bicyclic) bond motifs is 2. The minimum absolute atomic E-state index is 0.0304. The summed E-state index contributed by atoms with van der Waals surface area (Å²) >= 11 is 6.95. The zero-order valence-corrected chi connectivity index (χ0v) is 25.5. The number of ether oxygens (including phenoxy) is 1. The third-order valence-electron chi connectivity index (χ3n) is 9.56. The molecule has 1 atom stereocenters. The van der Waals surface area contributed by atoms with Crippen molar-refractivity contribution in [2.24, 2.45) is 5.41 Å². The number of benzene rings is 2. The van der Waals surface area contributed by atoms with E-state index in [0.29, 0.717) is 48.6 Å². The Hall–Kier alpha value is -3.76. The summed E-state index contributed by atoms with van der Waals surface area (Å²) in [6, 6.07) is 6.05. The molecule has 0 unspecified atom stereocenters. The first-order chi connectivity index (χ1) is 20.7. The molecule has 0 aliphatic carbocycles. The summed E-state index contributed by atoms with van der Waals surface area (Å²) in [5.41, 5.74) is 3.61. The lowest BCUT2D eigenvalue weighted by Crippen LogP contribution is -2.59. The van der Waals surface area contributed by atoms with Gasteiger partial charge in [-0.1, -0.05) is 24.2 Å². The van der Waals surface area contributed by atoms with E-state index in [-0.39, 0.29) is 33.9 Å². The Morgan fingerprint density at radius 1 is 1.23 bits per heavy atom. The van der Waals surface area contributed by atoms with Crippen molar-refractivity contribution in [3.63, 3.8) is 0 Å². The standard InChI is InChI=1S/C32H35ClFN7O2/c1-5-24(42)41-16-32(17-41)10-12-40(15-32)30-21-13-22(33)27(25-18(2)8-9-23-26(25)19(3)37-38-23)28(34)29(21)35-31(36-30)43-14-20-7-6-11-39(20)4/h5,8-9,13,20H,1,6-7,10-12,14-17H2,2-4H3,(H,37,38)/t20-/m0/s1. The number of H-pyrrole nitrogens is 1. The number of likely N-dealkylation sites (N-methyl/N-ethyl adjacent to an activating group) is 1. The average molecular weight is 604 g/mol. The number of hydrogen-bond acceptors (Lipinski definition) is 7. The molecule has 3 aliphatic heterocycles. The van der Waals surface area contributed by atoms with Crippen molar-refractivity contribution in [2.45, 2.75) is 39.2 Å². The van der Waals surface area contributed by atoms with Gasteiger partial charge in [0.25, 0.3) is 0 Å². The van der Waals surface area contributed by atoms with Gasteiger partial charge in [-0.3, -0.25) is 9.89 Å². The highest BCUT2D eigenvalue weighted by atomic mass is 35.5. The van der Waals surface area contributed by atoms with Crippen LogP contribution in [-0.2, 0) is 4.79 Å². The van der Waals surface area contributed by atoms with Crippen LogP contribution in [0.5, 0.6) is 6.01 Å². The number of aryl methyl sites for hydroxylation is 2. The molecule has 43 heavy (non-hydrogen) atoms. The fraction of sp³-hybridized carbons (Fsp3) is 0.438. The number of halogens is 2. The summed E-state index contributed by atoms with van der Waals surface area (Å²) in [5.74, 6) is 0.0427. The second kappa shape index (κ2) is 10.4. The molecule has 2 aromatic heterocycles. The first-order valence-electron chi connectivity index (χ1n) is 14.8. The maximum atomic E-state index is 16.9. The number of aromatic nitrogens is 4. The van der Waals surface area contributed by atoms with Gasteiger partial charge >= 0.3 is 6.01 Å². The van der Waals surface area contributed by atoms with Gasteiger partial charge < -0.3 is 19.4 Å². The number of likely N-dealkylation sites (tertiary alicyclic amines) is 2. The maximum absolute atomic E-state index is 16.9. The molecule has 0 saturated carbocycles. The molecule has 0 radical (unpaired) electrons. The minimum atomic E-state index is -0.509. The Morgan fingerprint density at radius 3 is 2.79 bits per heavy atom. The molecule has 5 heterocycles. The van der Waals surface area contributed by atoms with Crippen molar-refractivity contribution >= 4 is 45.1 Å². The topological polar surface area (TPSA) is 90.5 Å².